The average molecular weight is 226 g/mol. The summed E-state index contributed by atoms with van der Waals surface area (Å²) in [4.78, 5) is 0. The van der Waals surface area contributed by atoms with Gasteiger partial charge in [0.1, 0.15) is 0 Å². The molecule has 1 atom stereocenters. The first-order chi connectivity index (χ1) is 5.84. The first-order valence-corrected chi connectivity index (χ1v) is 8.51. The number of hydrogen-bond acceptors (Lipinski definition) is 4. The summed E-state index contributed by atoms with van der Waals surface area (Å²) in [6.45, 7) is 5.29. The Hall–Kier alpha value is 0.327. The van der Waals surface area contributed by atoms with E-state index in [0.29, 0.717) is 0 Å². The van der Waals surface area contributed by atoms with Gasteiger partial charge in [-0.2, -0.15) is 0 Å². The van der Waals surface area contributed by atoms with Crippen LogP contribution < -0.4 is 0 Å². The fraction of sp³-hybridized carbons (Fsp3) is 1.00. The molecule has 0 saturated carbocycles. The molecule has 4 nitrogen and oxygen atoms in total. The molecule has 0 aromatic carbocycles. The molecule has 0 saturated heterocycles. The third-order valence-electron chi connectivity index (χ3n) is 2.30. The molecule has 0 aromatic heterocycles. The lowest BCUT2D eigenvalue weighted by Crippen LogP contribution is -2.52. The van der Waals surface area contributed by atoms with Crippen LogP contribution in [0.15, 0.2) is 0 Å². The predicted molar refractivity (Wildman–Crippen MR) is 55.7 cm³/mol. The van der Waals surface area contributed by atoms with Gasteiger partial charge >= 0.3 is 8.80 Å². The van der Waals surface area contributed by atoms with Gasteiger partial charge in [-0.15, -0.1) is 0 Å². The van der Waals surface area contributed by atoms with Crippen LogP contribution in [-0.4, -0.2) is 48.7 Å². The second kappa shape index (κ2) is 4.71. The Morgan fingerprint density at radius 3 is 1.46 bits per heavy atom. The van der Waals surface area contributed by atoms with Gasteiger partial charge in [-0.3, -0.25) is 0 Å². The van der Waals surface area contributed by atoms with Gasteiger partial charge < -0.3 is 17.8 Å². The Labute approximate surface area is 81.3 Å². The summed E-state index contributed by atoms with van der Waals surface area (Å²) in [6.07, 6.45) is 0. The third kappa shape index (κ3) is 2.89. The summed E-state index contributed by atoms with van der Waals surface area (Å²) in [5.41, 5.74) is 0. The van der Waals surface area contributed by atoms with Crippen LogP contribution >= 0.6 is 7.14 Å². The summed E-state index contributed by atoms with van der Waals surface area (Å²) >= 11 is 0. The Balaban J connectivity index is 4.84. The maximum absolute atomic E-state index is 11.8. The molecule has 0 aromatic rings. The summed E-state index contributed by atoms with van der Waals surface area (Å²) in [5.74, 6) is 0. The molecule has 0 aliphatic carbocycles. The summed E-state index contributed by atoms with van der Waals surface area (Å²) in [5, 5.41) is -0.167. The fourth-order valence-electron chi connectivity index (χ4n) is 1.14. The SMILES string of the molecule is CO[Si](OC)(OC)C(C)P(C)(C)=O. The summed E-state index contributed by atoms with van der Waals surface area (Å²) in [6, 6.07) is 0. The van der Waals surface area contributed by atoms with E-state index in [1.54, 1.807) is 13.3 Å². The first kappa shape index (κ1) is 13.3. The molecule has 0 rings (SSSR count). The zero-order valence-electron chi connectivity index (χ0n) is 9.16. The van der Waals surface area contributed by atoms with Crippen LogP contribution in [0, 0.1) is 0 Å². The van der Waals surface area contributed by atoms with E-state index >= 15 is 0 Å². The topological polar surface area (TPSA) is 44.8 Å². The van der Waals surface area contributed by atoms with Crippen LogP contribution in [0.2, 0.25) is 0 Å². The van der Waals surface area contributed by atoms with E-state index < -0.39 is 15.9 Å². The second-order valence-corrected chi connectivity index (χ2v) is 10.8. The van der Waals surface area contributed by atoms with Crippen LogP contribution in [0.3, 0.4) is 0 Å². The Bertz CT molecular complexity index is 190. The van der Waals surface area contributed by atoms with E-state index in [4.69, 9.17) is 13.3 Å². The van der Waals surface area contributed by atoms with Crippen LogP contribution in [0.5, 0.6) is 0 Å². The van der Waals surface area contributed by atoms with Crippen molar-refractivity contribution in [1.82, 2.24) is 0 Å². The smallest absolute Gasteiger partial charge is 0.376 e. The van der Waals surface area contributed by atoms with Crippen molar-refractivity contribution in [3.05, 3.63) is 0 Å². The van der Waals surface area contributed by atoms with Crippen LogP contribution in [0.25, 0.3) is 0 Å². The highest BCUT2D eigenvalue weighted by Crippen LogP contribution is 2.46. The molecule has 0 fully saturated rings. The molecule has 0 aliphatic rings. The van der Waals surface area contributed by atoms with E-state index in [2.05, 4.69) is 0 Å². The minimum atomic E-state index is -2.72. The van der Waals surface area contributed by atoms with Gasteiger partial charge in [0.15, 0.2) is 0 Å². The number of rotatable bonds is 5. The second-order valence-electron chi connectivity index (χ2n) is 3.33. The molecule has 0 spiro atoms. The largest absolute Gasteiger partial charge is 0.510 e. The standard InChI is InChI=1S/C7H19O4PSi/c1-7(12(5,6)8)13(9-2,10-3)11-4/h7H,1-6H3. The van der Waals surface area contributed by atoms with Gasteiger partial charge in [0.2, 0.25) is 0 Å². The minimum absolute atomic E-state index is 0.167. The van der Waals surface area contributed by atoms with Crippen molar-refractivity contribution in [2.24, 2.45) is 0 Å². The quantitative estimate of drug-likeness (QED) is 0.525. The highest BCUT2D eigenvalue weighted by molar-refractivity contribution is 7.65. The van der Waals surface area contributed by atoms with Crippen molar-refractivity contribution in [3.63, 3.8) is 0 Å². The van der Waals surface area contributed by atoms with Crippen LogP contribution in [0.4, 0.5) is 0 Å². The minimum Gasteiger partial charge on any atom is -0.376 e. The van der Waals surface area contributed by atoms with E-state index in [0.717, 1.165) is 0 Å². The van der Waals surface area contributed by atoms with Gasteiger partial charge in [0, 0.05) is 21.3 Å². The van der Waals surface area contributed by atoms with Crippen molar-refractivity contribution in [3.8, 4) is 0 Å². The molecule has 0 amide bonds. The van der Waals surface area contributed by atoms with Crippen molar-refractivity contribution >= 4 is 15.9 Å². The van der Waals surface area contributed by atoms with E-state index in [-0.39, 0.29) is 5.28 Å². The molecule has 0 radical (unpaired) electrons. The monoisotopic (exact) mass is 226 g/mol. The maximum atomic E-state index is 11.8. The predicted octanol–water partition coefficient (Wildman–Crippen LogP) is 1.41. The normalized spacial score (nSPS) is 15.8. The molecule has 0 bridgehead atoms. The molecule has 1 unspecified atom stereocenters. The third-order valence-corrected chi connectivity index (χ3v) is 9.71. The lowest BCUT2D eigenvalue weighted by molar-refractivity contribution is 0.122. The highest BCUT2D eigenvalue weighted by Gasteiger charge is 2.50. The van der Waals surface area contributed by atoms with Gasteiger partial charge in [-0.1, -0.05) is 6.92 Å². The van der Waals surface area contributed by atoms with Crippen molar-refractivity contribution in [2.45, 2.75) is 12.2 Å². The zero-order valence-corrected chi connectivity index (χ0v) is 11.1. The van der Waals surface area contributed by atoms with E-state index in [1.807, 2.05) is 6.92 Å². The van der Waals surface area contributed by atoms with Crippen molar-refractivity contribution < 1.29 is 17.8 Å². The van der Waals surface area contributed by atoms with Crippen LogP contribution in [-0.2, 0) is 17.8 Å². The molecular formula is C7H19O4PSi. The molecule has 6 heteroatoms. The molecule has 13 heavy (non-hydrogen) atoms. The van der Waals surface area contributed by atoms with E-state index in [1.165, 1.54) is 21.3 Å². The van der Waals surface area contributed by atoms with Crippen LogP contribution in [0.1, 0.15) is 6.92 Å². The Morgan fingerprint density at radius 1 is 1.08 bits per heavy atom. The maximum Gasteiger partial charge on any atom is 0.510 e. The molecule has 0 N–H and O–H groups in total. The highest BCUT2D eigenvalue weighted by atomic mass is 31.2. The van der Waals surface area contributed by atoms with Crippen molar-refractivity contribution in [2.75, 3.05) is 34.7 Å². The molecule has 0 aliphatic heterocycles. The average Bonchev–Trinajstić information content (AvgIpc) is 2.07. The Morgan fingerprint density at radius 2 is 1.38 bits per heavy atom. The lowest BCUT2D eigenvalue weighted by atomic mass is 11.0. The molecule has 0 heterocycles. The van der Waals surface area contributed by atoms with Gasteiger partial charge in [0.25, 0.3) is 0 Å². The first-order valence-electron chi connectivity index (χ1n) is 4.04. The van der Waals surface area contributed by atoms with E-state index in [9.17, 15) is 4.57 Å². The fourth-order valence-corrected chi connectivity index (χ4v) is 6.66. The summed E-state index contributed by atoms with van der Waals surface area (Å²) in [7, 11) is -0.361. The van der Waals surface area contributed by atoms with Gasteiger partial charge in [0.05, 0.1) is 12.4 Å². The van der Waals surface area contributed by atoms with Gasteiger partial charge in [-0.25, -0.2) is 0 Å². The lowest BCUT2D eigenvalue weighted by Gasteiger charge is -2.32. The Kier molecular flexibility index (Phi) is 4.83. The van der Waals surface area contributed by atoms with Gasteiger partial charge in [-0.05, 0) is 13.3 Å². The number of hydrogen-bond donors (Lipinski definition) is 0. The zero-order chi connectivity index (χ0) is 10.7. The molecular weight excluding hydrogens is 207 g/mol. The summed E-state index contributed by atoms with van der Waals surface area (Å²) < 4.78 is 27.6. The van der Waals surface area contributed by atoms with Crippen molar-refractivity contribution in [1.29, 1.82) is 0 Å². The molecule has 80 valence electrons.